The fraction of sp³-hybridized carbons (Fsp3) is 0.562. The van der Waals surface area contributed by atoms with Gasteiger partial charge in [0.1, 0.15) is 0 Å². The van der Waals surface area contributed by atoms with Crippen molar-refractivity contribution in [3.05, 3.63) is 24.4 Å². The molecule has 0 radical (unpaired) electrons. The molecule has 0 aromatic rings. The van der Waals surface area contributed by atoms with Crippen LogP contribution < -0.4 is 0 Å². The minimum atomic E-state index is 0.294. The molecule has 0 aromatic heterocycles. The SMILES string of the molecule is C=NCC=CC/C(=N\C)C(C)/C=C/N(CC)N=C(C)C. The van der Waals surface area contributed by atoms with Gasteiger partial charge in [0, 0.05) is 43.6 Å². The van der Waals surface area contributed by atoms with Crippen molar-refractivity contribution in [2.45, 2.75) is 34.1 Å². The highest BCUT2D eigenvalue weighted by Gasteiger charge is 2.05. The minimum absolute atomic E-state index is 0.294. The van der Waals surface area contributed by atoms with Gasteiger partial charge in [-0.2, -0.15) is 5.10 Å². The summed E-state index contributed by atoms with van der Waals surface area (Å²) >= 11 is 0. The number of hydrazone groups is 1. The third kappa shape index (κ3) is 8.40. The molecule has 0 aliphatic heterocycles. The van der Waals surface area contributed by atoms with Gasteiger partial charge in [-0.15, -0.1) is 0 Å². The molecule has 0 N–H and O–H groups in total. The molecule has 112 valence electrons. The molecule has 0 fully saturated rings. The first kappa shape index (κ1) is 18.3. The monoisotopic (exact) mass is 276 g/mol. The van der Waals surface area contributed by atoms with Crippen molar-refractivity contribution in [3.63, 3.8) is 0 Å². The summed E-state index contributed by atoms with van der Waals surface area (Å²) in [7, 11) is 1.84. The second-order valence-electron chi connectivity index (χ2n) is 4.73. The Morgan fingerprint density at radius 3 is 2.50 bits per heavy atom. The molecule has 1 atom stereocenters. The van der Waals surface area contributed by atoms with Crippen LogP contribution in [0.4, 0.5) is 0 Å². The summed E-state index contributed by atoms with van der Waals surface area (Å²) in [5.74, 6) is 0.294. The van der Waals surface area contributed by atoms with Crippen LogP contribution in [0.1, 0.15) is 34.1 Å². The van der Waals surface area contributed by atoms with Crippen LogP contribution >= 0.6 is 0 Å². The molecule has 4 nitrogen and oxygen atoms in total. The van der Waals surface area contributed by atoms with E-state index in [9.17, 15) is 0 Å². The average Bonchev–Trinajstić information content (AvgIpc) is 2.42. The molecule has 0 aromatic carbocycles. The number of hydrogen-bond donors (Lipinski definition) is 0. The molecule has 0 spiro atoms. The zero-order chi connectivity index (χ0) is 15.4. The number of rotatable bonds is 9. The molecule has 0 rings (SSSR count). The Kier molecular flexibility index (Phi) is 10.2. The summed E-state index contributed by atoms with van der Waals surface area (Å²) < 4.78 is 0. The molecule has 0 amide bonds. The number of allylic oxidation sites excluding steroid dienone is 2. The quantitative estimate of drug-likeness (QED) is 0.360. The fourth-order valence-electron chi connectivity index (χ4n) is 1.64. The Morgan fingerprint density at radius 1 is 1.30 bits per heavy atom. The highest BCUT2D eigenvalue weighted by molar-refractivity contribution is 5.89. The molecule has 0 heterocycles. The van der Waals surface area contributed by atoms with E-state index in [4.69, 9.17) is 0 Å². The molecular formula is C16H28N4. The molecule has 0 aliphatic carbocycles. The molecule has 0 saturated heterocycles. The van der Waals surface area contributed by atoms with E-state index >= 15 is 0 Å². The first-order valence-corrected chi connectivity index (χ1v) is 7.04. The molecule has 0 aliphatic rings. The van der Waals surface area contributed by atoms with E-state index in [0.717, 1.165) is 24.4 Å². The van der Waals surface area contributed by atoms with E-state index in [1.54, 1.807) is 0 Å². The largest absolute Gasteiger partial charge is 0.297 e. The van der Waals surface area contributed by atoms with E-state index in [1.807, 2.05) is 38.2 Å². The number of hydrogen-bond acceptors (Lipinski definition) is 4. The number of aliphatic imine (C=N–C) groups is 2. The summed E-state index contributed by atoms with van der Waals surface area (Å²) in [5, 5.41) is 6.37. The van der Waals surface area contributed by atoms with Crippen molar-refractivity contribution in [2.75, 3.05) is 20.1 Å². The normalized spacial score (nSPS) is 13.8. The van der Waals surface area contributed by atoms with Crippen LogP contribution in [-0.4, -0.2) is 43.3 Å². The second kappa shape index (κ2) is 11.1. The van der Waals surface area contributed by atoms with Gasteiger partial charge in [-0.1, -0.05) is 25.2 Å². The summed E-state index contributed by atoms with van der Waals surface area (Å²) in [6.45, 7) is 13.2. The van der Waals surface area contributed by atoms with Crippen LogP contribution in [-0.2, 0) is 0 Å². The third-order valence-corrected chi connectivity index (χ3v) is 2.74. The Morgan fingerprint density at radius 2 is 2.00 bits per heavy atom. The van der Waals surface area contributed by atoms with Gasteiger partial charge in [0.15, 0.2) is 0 Å². The van der Waals surface area contributed by atoms with Crippen LogP contribution in [0.3, 0.4) is 0 Å². The Hall–Kier alpha value is -1.71. The smallest absolute Gasteiger partial charge is 0.0563 e. The van der Waals surface area contributed by atoms with Crippen molar-refractivity contribution in [2.24, 2.45) is 21.0 Å². The molecule has 0 saturated carbocycles. The second-order valence-corrected chi connectivity index (χ2v) is 4.73. The predicted octanol–water partition coefficient (Wildman–Crippen LogP) is 3.57. The van der Waals surface area contributed by atoms with Crippen molar-refractivity contribution in [1.29, 1.82) is 0 Å². The molecular weight excluding hydrogens is 248 g/mol. The van der Waals surface area contributed by atoms with Crippen LogP contribution in [0.25, 0.3) is 0 Å². The van der Waals surface area contributed by atoms with E-state index in [0.29, 0.717) is 12.5 Å². The highest BCUT2D eigenvalue weighted by atomic mass is 15.4. The average molecular weight is 276 g/mol. The van der Waals surface area contributed by atoms with Gasteiger partial charge >= 0.3 is 0 Å². The summed E-state index contributed by atoms with van der Waals surface area (Å²) in [5.41, 5.74) is 2.20. The van der Waals surface area contributed by atoms with Crippen LogP contribution in [0, 0.1) is 5.92 Å². The van der Waals surface area contributed by atoms with Gasteiger partial charge < -0.3 is 0 Å². The van der Waals surface area contributed by atoms with Crippen LogP contribution in [0.5, 0.6) is 0 Å². The topological polar surface area (TPSA) is 40.3 Å². The lowest BCUT2D eigenvalue weighted by atomic mass is 10.0. The lowest BCUT2D eigenvalue weighted by molar-refractivity contribution is 0.419. The van der Waals surface area contributed by atoms with Crippen LogP contribution in [0.15, 0.2) is 39.5 Å². The van der Waals surface area contributed by atoms with E-state index < -0.39 is 0 Å². The Labute approximate surface area is 123 Å². The maximum absolute atomic E-state index is 4.43. The maximum atomic E-state index is 4.43. The van der Waals surface area contributed by atoms with Gasteiger partial charge in [0.25, 0.3) is 0 Å². The number of nitrogens with zero attached hydrogens (tertiary/aromatic N) is 4. The fourth-order valence-corrected chi connectivity index (χ4v) is 1.64. The Balaban J connectivity index is 4.57. The first-order valence-electron chi connectivity index (χ1n) is 7.04. The van der Waals surface area contributed by atoms with Crippen molar-refractivity contribution in [1.82, 2.24) is 5.01 Å². The molecule has 20 heavy (non-hydrogen) atoms. The summed E-state index contributed by atoms with van der Waals surface area (Å²) in [4.78, 5) is 8.15. The maximum Gasteiger partial charge on any atom is 0.0563 e. The zero-order valence-corrected chi connectivity index (χ0v) is 13.5. The lowest BCUT2D eigenvalue weighted by Crippen LogP contribution is -2.13. The lowest BCUT2D eigenvalue weighted by Gasteiger charge is -2.14. The minimum Gasteiger partial charge on any atom is -0.297 e. The van der Waals surface area contributed by atoms with Gasteiger partial charge in [0.2, 0.25) is 0 Å². The van der Waals surface area contributed by atoms with E-state index in [1.165, 1.54) is 0 Å². The van der Waals surface area contributed by atoms with E-state index in [-0.39, 0.29) is 0 Å². The van der Waals surface area contributed by atoms with Crippen molar-refractivity contribution in [3.8, 4) is 0 Å². The summed E-state index contributed by atoms with van der Waals surface area (Å²) in [6.07, 6.45) is 9.11. The molecule has 0 bridgehead atoms. The van der Waals surface area contributed by atoms with Gasteiger partial charge in [-0.25, -0.2) is 0 Å². The first-order chi connectivity index (χ1) is 9.54. The van der Waals surface area contributed by atoms with Gasteiger partial charge in [-0.05, 0) is 27.5 Å². The summed E-state index contributed by atoms with van der Waals surface area (Å²) in [6, 6.07) is 0. The van der Waals surface area contributed by atoms with Crippen LogP contribution in [0.2, 0.25) is 0 Å². The molecule has 4 heteroatoms. The van der Waals surface area contributed by atoms with Crippen molar-refractivity contribution < 1.29 is 0 Å². The van der Waals surface area contributed by atoms with Crippen molar-refractivity contribution >= 4 is 18.1 Å². The van der Waals surface area contributed by atoms with Gasteiger partial charge in [-0.3, -0.25) is 15.0 Å². The third-order valence-electron chi connectivity index (χ3n) is 2.74. The van der Waals surface area contributed by atoms with Gasteiger partial charge in [0.05, 0.1) is 6.54 Å². The standard InChI is InChI=1S/C16H28N4/c1-7-20(19-14(2)3)13-11-15(4)16(18-6)10-8-9-12-17-5/h8-9,11,13,15H,5,7,10,12H2,1-4,6H3/b9-8?,13-11+,18-16+. The Bertz CT molecular complexity index is 387. The van der Waals surface area contributed by atoms with E-state index in [2.05, 4.69) is 47.8 Å². The predicted molar refractivity (Wildman–Crippen MR) is 91.0 cm³/mol. The highest BCUT2D eigenvalue weighted by Crippen LogP contribution is 2.07. The molecule has 1 unspecified atom stereocenters. The zero-order valence-electron chi connectivity index (χ0n) is 13.5.